The minimum Gasteiger partial charge on any atom is -0.497 e. The highest BCUT2D eigenvalue weighted by molar-refractivity contribution is 8.00. The Morgan fingerprint density at radius 3 is 2.33 bits per heavy atom. The second-order valence-corrected chi connectivity index (χ2v) is 10.6. The number of anilines is 1. The molecule has 0 saturated carbocycles. The number of ether oxygens (including phenoxy) is 3. The summed E-state index contributed by atoms with van der Waals surface area (Å²) in [6.07, 6.45) is 0. The number of methoxy groups -OCH3 is 1. The van der Waals surface area contributed by atoms with Gasteiger partial charge < -0.3 is 29.4 Å². The minimum absolute atomic E-state index is 0.119. The normalized spacial score (nSPS) is 11.4. The van der Waals surface area contributed by atoms with Gasteiger partial charge in [0.05, 0.1) is 37.7 Å². The van der Waals surface area contributed by atoms with E-state index in [4.69, 9.17) is 14.2 Å². The van der Waals surface area contributed by atoms with Crippen LogP contribution in [-0.4, -0.2) is 64.1 Å². The van der Waals surface area contributed by atoms with E-state index in [0.717, 1.165) is 23.1 Å². The van der Waals surface area contributed by atoms with Gasteiger partial charge in [0.15, 0.2) is 11.0 Å². The van der Waals surface area contributed by atoms with Gasteiger partial charge in [-0.1, -0.05) is 11.8 Å². The standard InChI is InChI=1S/C26H31N5O7S2/c1-7-37-24(34)19-14(3)20(25(35)38-8-2)40-23(19)28-21(32)15(4)39-26-30-29-18(31(26)5)13-27-22(33)16-9-11-17(36-6)12-10-16/h9-12,15H,7-8,13H2,1-6H3,(H,27,33)(H,28,32)/t15-/m0/s1. The van der Waals surface area contributed by atoms with E-state index in [9.17, 15) is 19.2 Å². The Kier molecular flexibility index (Phi) is 10.7. The Morgan fingerprint density at radius 2 is 1.70 bits per heavy atom. The maximum absolute atomic E-state index is 13.1. The molecule has 214 valence electrons. The zero-order valence-corrected chi connectivity index (χ0v) is 24.7. The quantitative estimate of drug-likeness (QED) is 0.237. The molecule has 0 bridgehead atoms. The molecule has 14 heteroatoms. The zero-order valence-electron chi connectivity index (χ0n) is 23.0. The molecule has 0 fully saturated rings. The topological polar surface area (TPSA) is 151 Å². The number of nitrogens with one attached hydrogen (secondary N) is 2. The van der Waals surface area contributed by atoms with Crippen molar-refractivity contribution in [2.24, 2.45) is 7.05 Å². The Labute approximate surface area is 239 Å². The number of benzene rings is 1. The van der Waals surface area contributed by atoms with Crippen LogP contribution in [0.2, 0.25) is 0 Å². The SMILES string of the molecule is CCOC(=O)c1sc(NC(=O)[C@H](C)Sc2nnc(CNC(=O)c3ccc(OC)cc3)n2C)c(C(=O)OCC)c1C. The van der Waals surface area contributed by atoms with Gasteiger partial charge in [0.25, 0.3) is 5.91 Å². The number of hydrogen-bond acceptors (Lipinski definition) is 11. The summed E-state index contributed by atoms with van der Waals surface area (Å²) in [5, 5.41) is 13.8. The summed E-state index contributed by atoms with van der Waals surface area (Å²) < 4.78 is 17.0. The van der Waals surface area contributed by atoms with Crippen molar-refractivity contribution in [1.29, 1.82) is 0 Å². The van der Waals surface area contributed by atoms with E-state index in [0.29, 0.717) is 27.9 Å². The molecule has 0 aliphatic carbocycles. The van der Waals surface area contributed by atoms with Gasteiger partial charge in [-0.15, -0.1) is 21.5 Å². The van der Waals surface area contributed by atoms with E-state index in [1.807, 2.05) is 0 Å². The largest absolute Gasteiger partial charge is 0.497 e. The van der Waals surface area contributed by atoms with Crippen LogP contribution >= 0.6 is 23.1 Å². The third-order valence-electron chi connectivity index (χ3n) is 5.66. The van der Waals surface area contributed by atoms with Crippen LogP contribution in [0.3, 0.4) is 0 Å². The summed E-state index contributed by atoms with van der Waals surface area (Å²) in [4.78, 5) is 50.8. The molecule has 0 aliphatic rings. The van der Waals surface area contributed by atoms with E-state index >= 15 is 0 Å². The lowest BCUT2D eigenvalue weighted by Crippen LogP contribution is -2.25. The van der Waals surface area contributed by atoms with Crippen molar-refractivity contribution in [2.45, 2.75) is 44.6 Å². The molecule has 0 saturated heterocycles. The lowest BCUT2D eigenvalue weighted by atomic mass is 10.1. The van der Waals surface area contributed by atoms with E-state index in [1.165, 1.54) is 0 Å². The predicted octanol–water partition coefficient (Wildman–Crippen LogP) is 3.60. The van der Waals surface area contributed by atoms with E-state index < -0.39 is 23.1 Å². The van der Waals surface area contributed by atoms with Crippen molar-refractivity contribution in [2.75, 3.05) is 25.6 Å². The monoisotopic (exact) mass is 589 g/mol. The number of carbonyl (C=O) groups is 4. The Balaban J connectivity index is 1.68. The van der Waals surface area contributed by atoms with Crippen LogP contribution in [-0.2, 0) is 27.9 Å². The van der Waals surface area contributed by atoms with Crippen LogP contribution < -0.4 is 15.4 Å². The van der Waals surface area contributed by atoms with E-state index in [1.54, 1.807) is 70.7 Å². The summed E-state index contributed by atoms with van der Waals surface area (Å²) in [5.41, 5.74) is 0.973. The Hall–Kier alpha value is -3.91. The summed E-state index contributed by atoms with van der Waals surface area (Å²) in [6.45, 7) is 7.07. The fourth-order valence-corrected chi connectivity index (χ4v) is 5.40. The van der Waals surface area contributed by atoms with Gasteiger partial charge in [-0.3, -0.25) is 9.59 Å². The number of rotatable bonds is 12. The molecule has 0 radical (unpaired) electrons. The third-order valence-corrected chi connectivity index (χ3v) is 7.98. The predicted molar refractivity (Wildman–Crippen MR) is 150 cm³/mol. The summed E-state index contributed by atoms with van der Waals surface area (Å²) in [6, 6.07) is 6.71. The average molecular weight is 590 g/mol. The molecule has 2 N–H and O–H groups in total. The first-order valence-corrected chi connectivity index (χ1v) is 14.1. The molecule has 3 rings (SSSR count). The number of nitrogens with zero attached hydrogens (tertiary/aromatic N) is 3. The first-order valence-electron chi connectivity index (χ1n) is 12.4. The maximum Gasteiger partial charge on any atom is 0.348 e. The summed E-state index contributed by atoms with van der Waals surface area (Å²) in [7, 11) is 3.28. The summed E-state index contributed by atoms with van der Waals surface area (Å²) in [5.74, 6) is -0.769. The Bertz CT molecular complexity index is 1380. The summed E-state index contributed by atoms with van der Waals surface area (Å²) >= 11 is 2.11. The molecule has 0 unspecified atom stereocenters. The zero-order chi connectivity index (χ0) is 29.4. The minimum atomic E-state index is -0.645. The van der Waals surface area contributed by atoms with Crippen LogP contribution in [0.15, 0.2) is 29.4 Å². The van der Waals surface area contributed by atoms with Gasteiger partial charge in [-0.25, -0.2) is 9.59 Å². The maximum atomic E-state index is 13.1. The van der Waals surface area contributed by atoms with Crippen LogP contribution in [0.25, 0.3) is 0 Å². The lowest BCUT2D eigenvalue weighted by Gasteiger charge is -2.12. The molecule has 2 aromatic heterocycles. The van der Waals surface area contributed by atoms with Crippen molar-refractivity contribution < 1.29 is 33.4 Å². The van der Waals surface area contributed by atoms with Crippen molar-refractivity contribution >= 4 is 51.9 Å². The molecule has 0 spiro atoms. The van der Waals surface area contributed by atoms with Crippen LogP contribution in [0.5, 0.6) is 5.75 Å². The first-order chi connectivity index (χ1) is 19.1. The molecular weight excluding hydrogens is 558 g/mol. The van der Waals surface area contributed by atoms with Crippen LogP contribution in [0.4, 0.5) is 5.00 Å². The van der Waals surface area contributed by atoms with E-state index in [-0.39, 0.29) is 41.1 Å². The number of hydrogen-bond donors (Lipinski definition) is 2. The fraction of sp³-hybridized carbons (Fsp3) is 0.385. The number of esters is 2. The van der Waals surface area contributed by atoms with E-state index in [2.05, 4.69) is 20.8 Å². The average Bonchev–Trinajstić information content (AvgIpc) is 3.45. The second kappa shape index (κ2) is 13.9. The second-order valence-electron chi connectivity index (χ2n) is 8.32. The van der Waals surface area contributed by atoms with Gasteiger partial charge in [0.2, 0.25) is 5.91 Å². The molecule has 0 aliphatic heterocycles. The smallest absolute Gasteiger partial charge is 0.348 e. The molecular formula is C26H31N5O7S2. The highest BCUT2D eigenvalue weighted by Crippen LogP contribution is 2.35. The molecule has 1 atom stereocenters. The molecule has 1 aromatic carbocycles. The Morgan fingerprint density at radius 1 is 1.05 bits per heavy atom. The molecule has 3 aromatic rings. The van der Waals surface area contributed by atoms with Gasteiger partial charge in [0, 0.05) is 12.6 Å². The van der Waals surface area contributed by atoms with Crippen molar-refractivity contribution in [3.05, 3.63) is 51.7 Å². The fourth-order valence-electron chi connectivity index (χ4n) is 3.47. The van der Waals surface area contributed by atoms with Gasteiger partial charge in [-0.2, -0.15) is 0 Å². The number of carbonyl (C=O) groups excluding carboxylic acids is 4. The molecule has 2 amide bonds. The number of thiophene rings is 1. The van der Waals surface area contributed by atoms with Gasteiger partial charge in [-0.05, 0) is 57.5 Å². The molecule has 2 heterocycles. The number of aromatic nitrogens is 3. The molecule has 40 heavy (non-hydrogen) atoms. The lowest BCUT2D eigenvalue weighted by molar-refractivity contribution is -0.115. The highest BCUT2D eigenvalue weighted by atomic mass is 32.2. The molecule has 12 nitrogen and oxygen atoms in total. The number of amides is 2. The van der Waals surface area contributed by atoms with Crippen LogP contribution in [0, 0.1) is 6.92 Å². The van der Waals surface area contributed by atoms with Gasteiger partial charge in [0.1, 0.15) is 15.6 Å². The third kappa shape index (κ3) is 7.18. The highest BCUT2D eigenvalue weighted by Gasteiger charge is 2.29. The number of thioether (sulfide) groups is 1. The van der Waals surface area contributed by atoms with Crippen molar-refractivity contribution in [3.8, 4) is 5.75 Å². The van der Waals surface area contributed by atoms with Crippen molar-refractivity contribution in [1.82, 2.24) is 20.1 Å². The van der Waals surface area contributed by atoms with Crippen LogP contribution in [0.1, 0.15) is 62.5 Å². The van der Waals surface area contributed by atoms with Gasteiger partial charge >= 0.3 is 11.9 Å². The van der Waals surface area contributed by atoms with Crippen molar-refractivity contribution in [3.63, 3.8) is 0 Å². The first kappa shape index (κ1) is 30.6.